The number of aromatic nitrogens is 2. The fourth-order valence-corrected chi connectivity index (χ4v) is 1.98. The van der Waals surface area contributed by atoms with Gasteiger partial charge in [-0.1, -0.05) is 0 Å². The lowest BCUT2D eigenvalue weighted by Gasteiger charge is -2.34. The highest BCUT2D eigenvalue weighted by Gasteiger charge is 2.22. The number of ether oxygens (including phenoxy) is 1. The summed E-state index contributed by atoms with van der Waals surface area (Å²) in [4.78, 5) is 23.3. The molecular formula is C11H15ClN4O2. The minimum atomic E-state index is -0.252. The van der Waals surface area contributed by atoms with Crippen molar-refractivity contribution < 1.29 is 9.53 Å². The number of anilines is 1. The summed E-state index contributed by atoms with van der Waals surface area (Å²) in [6, 6.07) is 1.81. The molecule has 6 nitrogen and oxygen atoms in total. The average molecular weight is 271 g/mol. The van der Waals surface area contributed by atoms with Crippen molar-refractivity contribution in [3.8, 4) is 0 Å². The van der Waals surface area contributed by atoms with Crippen LogP contribution in [0.4, 0.5) is 10.6 Å². The molecule has 1 amide bonds. The summed E-state index contributed by atoms with van der Waals surface area (Å²) in [5.41, 5.74) is 0. The Labute approximate surface area is 111 Å². The Morgan fingerprint density at radius 2 is 2.17 bits per heavy atom. The van der Waals surface area contributed by atoms with Crippen LogP contribution in [0.2, 0.25) is 5.28 Å². The molecule has 0 N–H and O–H groups in total. The van der Waals surface area contributed by atoms with Crippen LogP contribution in [0.25, 0.3) is 0 Å². The van der Waals surface area contributed by atoms with Crippen LogP contribution in [-0.4, -0.2) is 53.7 Å². The first-order chi connectivity index (χ1) is 8.70. The Morgan fingerprint density at radius 1 is 1.44 bits per heavy atom. The summed E-state index contributed by atoms with van der Waals surface area (Å²) in [6.45, 7) is 4.89. The molecule has 1 aliphatic rings. The van der Waals surface area contributed by atoms with Gasteiger partial charge in [-0.15, -0.1) is 0 Å². The van der Waals surface area contributed by atoms with Gasteiger partial charge in [-0.2, -0.15) is 0 Å². The highest BCUT2D eigenvalue weighted by Crippen LogP contribution is 2.15. The van der Waals surface area contributed by atoms with E-state index in [1.807, 2.05) is 6.07 Å². The molecule has 0 spiro atoms. The van der Waals surface area contributed by atoms with E-state index >= 15 is 0 Å². The van der Waals surface area contributed by atoms with Crippen LogP contribution in [-0.2, 0) is 4.74 Å². The third kappa shape index (κ3) is 3.01. The molecule has 1 aromatic rings. The van der Waals surface area contributed by atoms with E-state index in [0.717, 1.165) is 5.82 Å². The molecule has 0 radical (unpaired) electrons. The molecular weight excluding hydrogens is 256 g/mol. The van der Waals surface area contributed by atoms with Gasteiger partial charge >= 0.3 is 6.09 Å². The number of piperazine rings is 1. The maximum Gasteiger partial charge on any atom is 0.409 e. The standard InChI is InChI=1S/C11H15ClN4O2/c1-2-18-11(17)16-7-5-15(6-8-16)9-3-4-13-10(12)14-9/h3-4H,2,5-8H2,1H3. The van der Waals surface area contributed by atoms with E-state index in [9.17, 15) is 4.79 Å². The lowest BCUT2D eigenvalue weighted by atomic mass is 10.3. The van der Waals surface area contributed by atoms with E-state index in [1.54, 1.807) is 18.0 Å². The van der Waals surface area contributed by atoms with Crippen LogP contribution in [0, 0.1) is 0 Å². The predicted octanol–water partition coefficient (Wildman–Crippen LogP) is 1.41. The van der Waals surface area contributed by atoms with Crippen molar-refractivity contribution in [2.75, 3.05) is 37.7 Å². The molecule has 0 unspecified atom stereocenters. The molecule has 1 aromatic heterocycles. The van der Waals surface area contributed by atoms with Gasteiger partial charge in [0.05, 0.1) is 6.61 Å². The molecule has 2 heterocycles. The highest BCUT2D eigenvalue weighted by molar-refractivity contribution is 6.28. The van der Waals surface area contributed by atoms with Gasteiger partial charge < -0.3 is 14.5 Å². The summed E-state index contributed by atoms with van der Waals surface area (Å²) >= 11 is 5.75. The normalized spacial score (nSPS) is 15.7. The largest absolute Gasteiger partial charge is 0.450 e. The summed E-state index contributed by atoms with van der Waals surface area (Å²) in [5.74, 6) is 0.790. The third-order valence-electron chi connectivity index (χ3n) is 2.74. The van der Waals surface area contributed by atoms with E-state index in [-0.39, 0.29) is 11.4 Å². The number of hydrogen-bond donors (Lipinski definition) is 0. The molecule has 0 aromatic carbocycles. The first kappa shape index (κ1) is 12.9. The number of carbonyl (C=O) groups excluding carboxylic acids is 1. The van der Waals surface area contributed by atoms with Crippen LogP contribution in [0.3, 0.4) is 0 Å². The van der Waals surface area contributed by atoms with E-state index in [4.69, 9.17) is 16.3 Å². The zero-order valence-electron chi connectivity index (χ0n) is 10.2. The molecule has 1 fully saturated rings. The molecule has 7 heteroatoms. The summed E-state index contributed by atoms with van der Waals surface area (Å²) in [5, 5.41) is 0.236. The van der Waals surface area contributed by atoms with Gasteiger partial charge in [0.2, 0.25) is 5.28 Å². The van der Waals surface area contributed by atoms with Gasteiger partial charge in [-0.05, 0) is 24.6 Å². The van der Waals surface area contributed by atoms with Crippen LogP contribution < -0.4 is 4.90 Å². The van der Waals surface area contributed by atoms with Crippen molar-refractivity contribution >= 4 is 23.5 Å². The average Bonchev–Trinajstić information content (AvgIpc) is 2.39. The Bertz CT molecular complexity index is 421. The lowest BCUT2D eigenvalue weighted by molar-refractivity contribution is 0.105. The molecule has 1 saturated heterocycles. The minimum Gasteiger partial charge on any atom is -0.450 e. The Kier molecular flexibility index (Phi) is 4.19. The fraction of sp³-hybridized carbons (Fsp3) is 0.545. The van der Waals surface area contributed by atoms with Crippen LogP contribution in [0.5, 0.6) is 0 Å². The Balaban J connectivity index is 1.92. The van der Waals surface area contributed by atoms with E-state index in [1.165, 1.54) is 0 Å². The molecule has 0 bridgehead atoms. The second-order valence-corrected chi connectivity index (χ2v) is 4.19. The number of hydrogen-bond acceptors (Lipinski definition) is 5. The summed E-state index contributed by atoms with van der Waals surface area (Å²) in [7, 11) is 0. The van der Waals surface area contributed by atoms with Gasteiger partial charge in [-0.25, -0.2) is 14.8 Å². The first-order valence-corrected chi connectivity index (χ1v) is 6.23. The monoisotopic (exact) mass is 270 g/mol. The fourth-order valence-electron chi connectivity index (χ4n) is 1.84. The van der Waals surface area contributed by atoms with Crippen molar-refractivity contribution in [3.05, 3.63) is 17.5 Å². The van der Waals surface area contributed by atoms with Crippen molar-refractivity contribution in [2.45, 2.75) is 6.92 Å². The molecule has 98 valence electrons. The highest BCUT2D eigenvalue weighted by atomic mass is 35.5. The van der Waals surface area contributed by atoms with Gasteiger partial charge in [-0.3, -0.25) is 0 Å². The molecule has 0 atom stereocenters. The van der Waals surface area contributed by atoms with Gasteiger partial charge in [0.25, 0.3) is 0 Å². The Hall–Kier alpha value is -1.56. The number of carbonyl (C=O) groups is 1. The van der Waals surface area contributed by atoms with E-state index < -0.39 is 0 Å². The maximum atomic E-state index is 11.5. The molecule has 18 heavy (non-hydrogen) atoms. The van der Waals surface area contributed by atoms with Crippen LogP contribution >= 0.6 is 11.6 Å². The maximum absolute atomic E-state index is 11.5. The van der Waals surface area contributed by atoms with Crippen molar-refractivity contribution in [1.82, 2.24) is 14.9 Å². The molecule has 0 saturated carbocycles. The predicted molar refractivity (Wildman–Crippen MR) is 67.9 cm³/mol. The second kappa shape index (κ2) is 5.86. The van der Waals surface area contributed by atoms with E-state index in [0.29, 0.717) is 32.8 Å². The quantitative estimate of drug-likeness (QED) is 0.761. The van der Waals surface area contributed by atoms with Gasteiger partial charge in [0.15, 0.2) is 0 Å². The van der Waals surface area contributed by atoms with Gasteiger partial charge in [0.1, 0.15) is 5.82 Å². The van der Waals surface area contributed by atoms with Crippen LogP contribution in [0.15, 0.2) is 12.3 Å². The lowest BCUT2D eigenvalue weighted by Crippen LogP contribution is -2.49. The second-order valence-electron chi connectivity index (χ2n) is 3.86. The SMILES string of the molecule is CCOC(=O)N1CCN(c2ccnc(Cl)n2)CC1. The Morgan fingerprint density at radius 3 is 2.78 bits per heavy atom. The third-order valence-corrected chi connectivity index (χ3v) is 2.92. The smallest absolute Gasteiger partial charge is 0.409 e. The zero-order chi connectivity index (χ0) is 13.0. The van der Waals surface area contributed by atoms with Crippen molar-refractivity contribution in [3.63, 3.8) is 0 Å². The molecule has 1 aliphatic heterocycles. The number of amides is 1. The van der Waals surface area contributed by atoms with E-state index in [2.05, 4.69) is 14.9 Å². The van der Waals surface area contributed by atoms with Crippen LogP contribution in [0.1, 0.15) is 6.92 Å². The number of rotatable bonds is 2. The summed E-state index contributed by atoms with van der Waals surface area (Å²) in [6.07, 6.45) is 1.38. The summed E-state index contributed by atoms with van der Waals surface area (Å²) < 4.78 is 4.96. The minimum absolute atomic E-state index is 0.236. The van der Waals surface area contributed by atoms with Crippen molar-refractivity contribution in [2.24, 2.45) is 0 Å². The van der Waals surface area contributed by atoms with Gasteiger partial charge in [0, 0.05) is 32.4 Å². The topological polar surface area (TPSA) is 58.6 Å². The van der Waals surface area contributed by atoms with Crippen molar-refractivity contribution in [1.29, 1.82) is 0 Å². The zero-order valence-corrected chi connectivity index (χ0v) is 10.9. The number of nitrogens with zero attached hydrogens (tertiary/aromatic N) is 4. The molecule has 2 rings (SSSR count). The molecule has 0 aliphatic carbocycles. The first-order valence-electron chi connectivity index (χ1n) is 5.86. The number of halogens is 1.